The Kier molecular flexibility index (Phi) is 8.87. The molecule has 1 unspecified atom stereocenters. The first kappa shape index (κ1) is 23.6. The monoisotopic (exact) mass is 442 g/mol. The molecule has 1 aliphatic heterocycles. The third kappa shape index (κ3) is 6.66. The minimum absolute atomic E-state index is 0.328. The number of carbonyl (C=O) groups is 1. The van der Waals surface area contributed by atoms with E-state index in [0.717, 1.165) is 29.2 Å². The van der Waals surface area contributed by atoms with Gasteiger partial charge in [-0.2, -0.15) is 0 Å². The van der Waals surface area contributed by atoms with E-state index in [-0.39, 0.29) is 0 Å². The molecule has 0 amide bonds. The molecule has 0 saturated heterocycles. The molecule has 2 rings (SSSR count). The minimum atomic E-state index is -2.65. The number of hydrogen-bond donors (Lipinski definition) is 0. The first-order valence-corrected chi connectivity index (χ1v) is 13.9. The third-order valence-electron chi connectivity index (χ3n) is 4.69. The van der Waals surface area contributed by atoms with Gasteiger partial charge in [-0.3, -0.25) is 0 Å². The molecule has 29 heavy (non-hydrogen) atoms. The van der Waals surface area contributed by atoms with Crippen LogP contribution in [0.25, 0.3) is 0 Å². The number of ether oxygens (including phenoxy) is 2. The lowest BCUT2D eigenvalue weighted by Crippen LogP contribution is -2.44. The predicted molar refractivity (Wildman–Crippen MR) is 111 cm³/mol. The van der Waals surface area contributed by atoms with Crippen molar-refractivity contribution in [3.63, 3.8) is 0 Å². The SMILES string of the molecule is C=CC(=O)OCCC[Si]1(C)OCc2cc(OCC[Si](OC)(OC)OC)ccc2O1. The fourth-order valence-corrected chi connectivity index (χ4v) is 6.63. The molecule has 1 aliphatic rings. The van der Waals surface area contributed by atoms with Gasteiger partial charge in [0.25, 0.3) is 0 Å². The van der Waals surface area contributed by atoms with Gasteiger partial charge in [0, 0.05) is 39.0 Å². The van der Waals surface area contributed by atoms with Crippen molar-refractivity contribution < 1.29 is 36.4 Å². The molecule has 162 valence electrons. The Balaban J connectivity index is 1.87. The van der Waals surface area contributed by atoms with Crippen molar-refractivity contribution in [1.29, 1.82) is 0 Å². The second kappa shape index (κ2) is 10.9. The first-order chi connectivity index (χ1) is 13.9. The number of rotatable bonds is 12. The van der Waals surface area contributed by atoms with Gasteiger partial charge in [-0.1, -0.05) is 6.58 Å². The van der Waals surface area contributed by atoms with Gasteiger partial charge in [0.05, 0.1) is 25.9 Å². The largest absolute Gasteiger partial charge is 0.520 e. The van der Waals surface area contributed by atoms with Crippen molar-refractivity contribution in [3.05, 3.63) is 36.4 Å². The van der Waals surface area contributed by atoms with Crippen molar-refractivity contribution in [2.75, 3.05) is 34.5 Å². The Bertz CT molecular complexity index is 687. The van der Waals surface area contributed by atoms with Crippen LogP contribution in [0.2, 0.25) is 18.6 Å². The predicted octanol–water partition coefficient (Wildman–Crippen LogP) is 3.04. The Hall–Kier alpha value is -1.70. The number of hydrogen-bond acceptors (Lipinski definition) is 8. The number of carbonyl (C=O) groups excluding carboxylic acids is 1. The molecule has 0 spiro atoms. The fraction of sp³-hybridized carbons (Fsp3) is 0.526. The standard InChI is InChI=1S/C19H30O8Si2/c1-6-19(20)25-10-7-12-28(5)26-15-16-14-17(8-9-18(16)27-28)24-11-13-29(21-2,22-3)23-4/h6,8-9,14H,1,7,10-13,15H2,2-5H3. The summed E-state index contributed by atoms with van der Waals surface area (Å²) in [6, 6.07) is 6.98. The Labute approximate surface area is 174 Å². The molecule has 0 N–H and O–H groups in total. The highest BCUT2D eigenvalue weighted by Crippen LogP contribution is 2.34. The van der Waals surface area contributed by atoms with Crippen LogP contribution in [-0.2, 0) is 33.8 Å². The molecule has 1 aromatic rings. The average molecular weight is 443 g/mol. The van der Waals surface area contributed by atoms with Crippen molar-refractivity contribution in [2.24, 2.45) is 0 Å². The van der Waals surface area contributed by atoms with E-state index in [1.165, 1.54) is 0 Å². The van der Waals surface area contributed by atoms with Crippen LogP contribution in [0.3, 0.4) is 0 Å². The van der Waals surface area contributed by atoms with Crippen molar-refractivity contribution >= 4 is 23.3 Å². The zero-order valence-electron chi connectivity index (χ0n) is 17.5. The van der Waals surface area contributed by atoms with Crippen LogP contribution in [0, 0.1) is 0 Å². The van der Waals surface area contributed by atoms with Gasteiger partial charge in [-0.15, -0.1) is 0 Å². The molecule has 1 aromatic carbocycles. The van der Waals surface area contributed by atoms with Crippen molar-refractivity contribution in [1.82, 2.24) is 0 Å². The van der Waals surface area contributed by atoms with E-state index in [1.54, 1.807) is 21.3 Å². The average Bonchev–Trinajstić information content (AvgIpc) is 2.74. The summed E-state index contributed by atoms with van der Waals surface area (Å²) in [5.74, 6) is 1.13. The zero-order valence-corrected chi connectivity index (χ0v) is 19.5. The minimum Gasteiger partial charge on any atom is -0.520 e. The molecule has 0 fully saturated rings. The van der Waals surface area contributed by atoms with Crippen molar-refractivity contribution in [2.45, 2.75) is 31.7 Å². The Morgan fingerprint density at radius 3 is 2.62 bits per heavy atom. The normalized spacial score (nSPS) is 18.5. The maximum atomic E-state index is 11.1. The van der Waals surface area contributed by atoms with E-state index >= 15 is 0 Å². The summed E-state index contributed by atoms with van der Waals surface area (Å²) < 4.78 is 39.2. The summed E-state index contributed by atoms with van der Waals surface area (Å²) in [5, 5.41) is 0. The lowest BCUT2D eigenvalue weighted by Gasteiger charge is -2.33. The zero-order chi connectivity index (χ0) is 21.3. The van der Waals surface area contributed by atoms with E-state index in [1.807, 2.05) is 24.7 Å². The van der Waals surface area contributed by atoms with Crippen LogP contribution >= 0.6 is 0 Å². The van der Waals surface area contributed by atoms with E-state index in [4.69, 9.17) is 31.6 Å². The molecule has 1 atom stereocenters. The van der Waals surface area contributed by atoms with Gasteiger partial charge in [0.15, 0.2) is 0 Å². The van der Waals surface area contributed by atoms with Crippen LogP contribution in [-0.4, -0.2) is 57.9 Å². The molecular formula is C19H30O8Si2. The fourth-order valence-electron chi connectivity index (χ4n) is 2.95. The molecule has 10 heteroatoms. The maximum absolute atomic E-state index is 11.1. The van der Waals surface area contributed by atoms with Gasteiger partial charge in [-0.05, 0) is 31.2 Å². The van der Waals surface area contributed by atoms with Crippen LogP contribution in [0.4, 0.5) is 0 Å². The molecule has 0 radical (unpaired) electrons. The van der Waals surface area contributed by atoms with Crippen LogP contribution in [0.5, 0.6) is 11.5 Å². The van der Waals surface area contributed by atoms with Crippen molar-refractivity contribution in [3.8, 4) is 11.5 Å². The Morgan fingerprint density at radius 2 is 1.97 bits per heavy atom. The number of esters is 1. The molecule has 1 heterocycles. The summed E-state index contributed by atoms with van der Waals surface area (Å²) in [7, 11) is -0.263. The highest BCUT2D eigenvalue weighted by molar-refractivity contribution is 6.67. The maximum Gasteiger partial charge on any atom is 0.503 e. The van der Waals surface area contributed by atoms with E-state index in [9.17, 15) is 4.79 Å². The highest BCUT2D eigenvalue weighted by Gasteiger charge is 2.38. The molecular weight excluding hydrogens is 412 g/mol. The van der Waals surface area contributed by atoms with Gasteiger partial charge in [-0.25, -0.2) is 4.79 Å². The molecule has 0 aromatic heterocycles. The Morgan fingerprint density at radius 1 is 1.24 bits per heavy atom. The van der Waals surface area contributed by atoms with Crippen LogP contribution < -0.4 is 9.16 Å². The summed E-state index contributed by atoms with van der Waals surface area (Å²) in [4.78, 5) is 11.1. The van der Waals surface area contributed by atoms with Crippen LogP contribution in [0.1, 0.15) is 12.0 Å². The summed E-state index contributed by atoms with van der Waals surface area (Å²) in [6.45, 7) is 6.60. The van der Waals surface area contributed by atoms with Gasteiger partial charge in [0.2, 0.25) is 0 Å². The van der Waals surface area contributed by atoms with E-state index < -0.39 is 23.3 Å². The number of fused-ring (bicyclic) bond motifs is 1. The van der Waals surface area contributed by atoms with E-state index in [2.05, 4.69) is 6.58 Å². The van der Waals surface area contributed by atoms with E-state index in [0.29, 0.717) is 32.3 Å². The highest BCUT2D eigenvalue weighted by atomic mass is 28.4. The summed E-state index contributed by atoms with van der Waals surface area (Å²) in [6.07, 6.45) is 1.84. The smallest absolute Gasteiger partial charge is 0.503 e. The number of benzene rings is 1. The lowest BCUT2D eigenvalue weighted by molar-refractivity contribution is -0.137. The van der Waals surface area contributed by atoms with Gasteiger partial charge < -0.3 is 31.6 Å². The summed E-state index contributed by atoms with van der Waals surface area (Å²) >= 11 is 0. The molecule has 0 aliphatic carbocycles. The first-order valence-electron chi connectivity index (χ1n) is 9.42. The third-order valence-corrected chi connectivity index (χ3v) is 10.0. The van der Waals surface area contributed by atoms with Gasteiger partial charge in [0.1, 0.15) is 11.5 Å². The summed E-state index contributed by atoms with van der Waals surface area (Å²) in [5.41, 5.74) is 0.944. The molecule has 0 saturated carbocycles. The second-order valence-corrected chi connectivity index (χ2v) is 13.0. The molecule has 0 bridgehead atoms. The quantitative estimate of drug-likeness (QED) is 0.211. The molecule has 8 nitrogen and oxygen atoms in total. The topological polar surface area (TPSA) is 81.7 Å². The second-order valence-electron chi connectivity index (χ2n) is 6.66. The van der Waals surface area contributed by atoms with Gasteiger partial charge >= 0.3 is 23.3 Å². The lowest BCUT2D eigenvalue weighted by atomic mass is 10.2. The van der Waals surface area contributed by atoms with Crippen LogP contribution in [0.15, 0.2) is 30.9 Å².